The molecule has 3 heteroatoms. The topological polar surface area (TPSA) is 0 Å². The average molecular weight is 261 g/mol. The maximum Gasteiger partial charge on any atom is 0.123 e. The first-order chi connectivity index (χ1) is 7.68. The molecular formula is C13H15Cl2F. The van der Waals surface area contributed by atoms with E-state index in [0.29, 0.717) is 5.02 Å². The predicted octanol–water partition coefficient (Wildman–Crippen LogP) is 5.13. The van der Waals surface area contributed by atoms with Crippen molar-refractivity contribution in [1.82, 2.24) is 0 Å². The lowest BCUT2D eigenvalue weighted by molar-refractivity contribution is 0.584. The highest BCUT2D eigenvalue weighted by molar-refractivity contribution is 6.31. The van der Waals surface area contributed by atoms with Crippen molar-refractivity contribution in [3.63, 3.8) is 0 Å². The Morgan fingerprint density at radius 1 is 1.12 bits per heavy atom. The van der Waals surface area contributed by atoms with Crippen LogP contribution in [0.3, 0.4) is 0 Å². The van der Waals surface area contributed by atoms with Gasteiger partial charge in [-0.15, -0.1) is 11.6 Å². The van der Waals surface area contributed by atoms with Crippen molar-refractivity contribution in [2.24, 2.45) is 0 Å². The van der Waals surface area contributed by atoms with Gasteiger partial charge in [0.05, 0.1) is 0 Å². The van der Waals surface area contributed by atoms with Crippen LogP contribution < -0.4 is 0 Å². The van der Waals surface area contributed by atoms with Crippen LogP contribution in [0.25, 0.3) is 0 Å². The van der Waals surface area contributed by atoms with Gasteiger partial charge in [-0.1, -0.05) is 30.9 Å². The number of benzene rings is 1. The molecular weight excluding hydrogens is 246 g/mol. The second-order valence-corrected chi connectivity index (χ2v) is 5.39. The van der Waals surface area contributed by atoms with Crippen molar-refractivity contribution in [1.29, 1.82) is 0 Å². The summed E-state index contributed by atoms with van der Waals surface area (Å²) in [5.41, 5.74) is 0.878. The van der Waals surface area contributed by atoms with Crippen LogP contribution in [0.4, 0.5) is 4.39 Å². The van der Waals surface area contributed by atoms with Crippen molar-refractivity contribution >= 4 is 23.2 Å². The van der Waals surface area contributed by atoms with E-state index in [1.807, 2.05) is 0 Å². The standard InChI is InChI=1S/C13H15Cl2F/c14-12-5-3-1-2-4-10(12)11-8-9(16)6-7-13(11)15/h6-8,10,12H,1-5H2. The molecule has 1 aromatic rings. The molecule has 0 aromatic heterocycles. The minimum atomic E-state index is -0.229. The maximum absolute atomic E-state index is 13.2. The molecule has 0 heterocycles. The Morgan fingerprint density at radius 2 is 1.88 bits per heavy atom. The summed E-state index contributed by atoms with van der Waals surface area (Å²) in [7, 11) is 0. The van der Waals surface area contributed by atoms with Crippen LogP contribution in [0.15, 0.2) is 18.2 Å². The minimum Gasteiger partial charge on any atom is -0.207 e. The Balaban J connectivity index is 2.29. The lowest BCUT2D eigenvalue weighted by Crippen LogP contribution is -2.12. The zero-order valence-corrected chi connectivity index (χ0v) is 10.6. The Kier molecular flexibility index (Phi) is 4.10. The molecule has 88 valence electrons. The summed E-state index contributed by atoms with van der Waals surface area (Å²) in [6.07, 6.45) is 5.54. The third-order valence-corrected chi connectivity index (χ3v) is 4.16. The fourth-order valence-electron chi connectivity index (χ4n) is 2.41. The zero-order valence-electron chi connectivity index (χ0n) is 9.06. The van der Waals surface area contributed by atoms with E-state index in [0.717, 1.165) is 31.2 Å². The van der Waals surface area contributed by atoms with E-state index in [-0.39, 0.29) is 17.1 Å². The number of hydrogen-bond donors (Lipinski definition) is 0. The van der Waals surface area contributed by atoms with E-state index in [9.17, 15) is 4.39 Å². The fraction of sp³-hybridized carbons (Fsp3) is 0.538. The molecule has 2 unspecified atom stereocenters. The molecule has 1 aliphatic rings. The van der Waals surface area contributed by atoms with Crippen molar-refractivity contribution < 1.29 is 4.39 Å². The van der Waals surface area contributed by atoms with Gasteiger partial charge in [-0.3, -0.25) is 0 Å². The fourth-order valence-corrected chi connectivity index (χ4v) is 3.09. The number of alkyl halides is 1. The summed E-state index contributed by atoms with van der Waals surface area (Å²) >= 11 is 12.5. The van der Waals surface area contributed by atoms with Gasteiger partial charge < -0.3 is 0 Å². The highest BCUT2D eigenvalue weighted by atomic mass is 35.5. The first kappa shape index (κ1) is 12.2. The molecule has 16 heavy (non-hydrogen) atoms. The largest absolute Gasteiger partial charge is 0.207 e. The summed E-state index contributed by atoms with van der Waals surface area (Å²) in [5.74, 6) is -0.0279. The van der Waals surface area contributed by atoms with Crippen molar-refractivity contribution in [3.8, 4) is 0 Å². The normalized spacial score (nSPS) is 26.4. The molecule has 0 aliphatic heterocycles. The van der Waals surface area contributed by atoms with Gasteiger partial charge in [0.1, 0.15) is 5.82 Å². The molecule has 0 saturated heterocycles. The van der Waals surface area contributed by atoms with Crippen LogP contribution in [0.2, 0.25) is 5.02 Å². The third-order valence-electron chi connectivity index (χ3n) is 3.29. The van der Waals surface area contributed by atoms with Crippen LogP contribution in [0.5, 0.6) is 0 Å². The Labute approximate surface area is 106 Å². The molecule has 0 bridgehead atoms. The van der Waals surface area contributed by atoms with Crippen LogP contribution in [-0.4, -0.2) is 5.38 Å². The quantitative estimate of drug-likeness (QED) is 0.485. The summed E-state index contributed by atoms with van der Waals surface area (Å²) in [6.45, 7) is 0. The average Bonchev–Trinajstić information content (AvgIpc) is 2.47. The van der Waals surface area contributed by atoms with Gasteiger partial charge in [0.25, 0.3) is 0 Å². The number of halogens is 3. The highest BCUT2D eigenvalue weighted by Gasteiger charge is 2.25. The van der Waals surface area contributed by atoms with E-state index < -0.39 is 0 Å². The van der Waals surface area contributed by atoms with E-state index in [4.69, 9.17) is 23.2 Å². The van der Waals surface area contributed by atoms with E-state index >= 15 is 0 Å². The minimum absolute atomic E-state index is 0.0850. The molecule has 2 atom stereocenters. The Hall–Kier alpha value is -0.270. The number of rotatable bonds is 1. The van der Waals surface area contributed by atoms with Gasteiger partial charge in [0.15, 0.2) is 0 Å². The van der Waals surface area contributed by atoms with Crippen LogP contribution in [-0.2, 0) is 0 Å². The van der Waals surface area contributed by atoms with Gasteiger partial charge in [0.2, 0.25) is 0 Å². The molecule has 1 fully saturated rings. The molecule has 0 radical (unpaired) electrons. The van der Waals surface area contributed by atoms with Gasteiger partial charge in [-0.25, -0.2) is 4.39 Å². The van der Waals surface area contributed by atoms with Gasteiger partial charge >= 0.3 is 0 Å². The molecule has 1 saturated carbocycles. The SMILES string of the molecule is Fc1ccc(Cl)c(C2CCCCCC2Cl)c1. The first-order valence-corrected chi connectivity index (χ1v) is 6.59. The Morgan fingerprint density at radius 3 is 2.69 bits per heavy atom. The van der Waals surface area contributed by atoms with Crippen LogP contribution in [0.1, 0.15) is 43.6 Å². The highest BCUT2D eigenvalue weighted by Crippen LogP contribution is 2.38. The molecule has 2 rings (SSSR count). The third kappa shape index (κ3) is 2.70. The lowest BCUT2D eigenvalue weighted by atomic mass is 9.91. The first-order valence-electron chi connectivity index (χ1n) is 5.77. The van der Waals surface area contributed by atoms with Crippen molar-refractivity contribution in [2.45, 2.75) is 43.4 Å². The van der Waals surface area contributed by atoms with E-state index in [1.54, 1.807) is 6.07 Å². The second kappa shape index (κ2) is 5.37. The molecule has 1 aromatic carbocycles. The molecule has 0 spiro atoms. The maximum atomic E-state index is 13.2. The summed E-state index contributed by atoms with van der Waals surface area (Å²) in [6, 6.07) is 4.56. The monoisotopic (exact) mass is 260 g/mol. The molecule has 1 aliphatic carbocycles. The predicted molar refractivity (Wildman–Crippen MR) is 66.9 cm³/mol. The molecule has 0 amide bonds. The summed E-state index contributed by atoms with van der Waals surface area (Å²) in [4.78, 5) is 0. The molecule has 0 N–H and O–H groups in total. The van der Waals surface area contributed by atoms with Gasteiger partial charge in [-0.05, 0) is 36.6 Å². The second-order valence-electron chi connectivity index (χ2n) is 4.43. The molecule has 0 nitrogen and oxygen atoms in total. The number of hydrogen-bond acceptors (Lipinski definition) is 0. The van der Waals surface area contributed by atoms with Gasteiger partial charge in [-0.2, -0.15) is 0 Å². The van der Waals surface area contributed by atoms with Gasteiger partial charge in [0, 0.05) is 16.3 Å². The van der Waals surface area contributed by atoms with Crippen LogP contribution >= 0.6 is 23.2 Å². The Bertz CT molecular complexity index is 365. The lowest BCUT2D eigenvalue weighted by Gasteiger charge is -2.21. The van der Waals surface area contributed by atoms with Crippen molar-refractivity contribution in [3.05, 3.63) is 34.6 Å². The summed E-state index contributed by atoms with van der Waals surface area (Å²) in [5, 5.41) is 0.723. The van der Waals surface area contributed by atoms with Crippen LogP contribution in [0, 0.1) is 5.82 Å². The summed E-state index contributed by atoms with van der Waals surface area (Å²) < 4.78 is 13.2. The smallest absolute Gasteiger partial charge is 0.123 e. The van der Waals surface area contributed by atoms with Crippen molar-refractivity contribution in [2.75, 3.05) is 0 Å². The van der Waals surface area contributed by atoms with E-state index in [2.05, 4.69) is 0 Å². The van der Waals surface area contributed by atoms with E-state index in [1.165, 1.54) is 18.6 Å². The zero-order chi connectivity index (χ0) is 11.5.